The molecular formula is C19H20O. The standard InChI is InChI=1S/C19H20O/c1-3-4-14-6-10-18-16(12-14)8-7-15-11-13(2)5-9-17(15)19(18)20/h5-6,9-12H,3-4,7-8H2,1-2H3. The van der Waals surface area contributed by atoms with E-state index in [0.717, 1.165) is 36.8 Å². The van der Waals surface area contributed by atoms with Crippen molar-refractivity contribution in [3.05, 3.63) is 69.8 Å². The van der Waals surface area contributed by atoms with Gasteiger partial charge in [0.1, 0.15) is 0 Å². The summed E-state index contributed by atoms with van der Waals surface area (Å²) in [6, 6.07) is 12.5. The molecular weight excluding hydrogens is 244 g/mol. The summed E-state index contributed by atoms with van der Waals surface area (Å²) in [5.74, 6) is 0.190. The van der Waals surface area contributed by atoms with Crippen LogP contribution in [0.4, 0.5) is 0 Å². The predicted octanol–water partition coefficient (Wildman–Crippen LogP) is 4.28. The largest absolute Gasteiger partial charge is 0.289 e. The van der Waals surface area contributed by atoms with Crippen LogP contribution in [-0.4, -0.2) is 5.78 Å². The summed E-state index contributed by atoms with van der Waals surface area (Å²) in [5.41, 5.74) is 6.78. The highest BCUT2D eigenvalue weighted by atomic mass is 16.1. The van der Waals surface area contributed by atoms with Gasteiger partial charge in [-0.2, -0.15) is 0 Å². The van der Waals surface area contributed by atoms with E-state index in [-0.39, 0.29) is 5.78 Å². The van der Waals surface area contributed by atoms with E-state index in [1.54, 1.807) is 0 Å². The minimum Gasteiger partial charge on any atom is -0.289 e. The molecule has 0 heterocycles. The topological polar surface area (TPSA) is 17.1 Å². The minimum atomic E-state index is 0.190. The first kappa shape index (κ1) is 13.1. The van der Waals surface area contributed by atoms with E-state index in [1.807, 2.05) is 18.2 Å². The van der Waals surface area contributed by atoms with Gasteiger partial charge in [-0.05, 0) is 42.9 Å². The second kappa shape index (κ2) is 5.24. The molecule has 0 unspecified atom stereocenters. The summed E-state index contributed by atoms with van der Waals surface area (Å²) < 4.78 is 0. The Hall–Kier alpha value is -1.89. The van der Waals surface area contributed by atoms with Crippen LogP contribution in [0.15, 0.2) is 36.4 Å². The highest BCUT2D eigenvalue weighted by Gasteiger charge is 2.21. The molecule has 2 aromatic rings. The van der Waals surface area contributed by atoms with Gasteiger partial charge in [-0.15, -0.1) is 0 Å². The second-order valence-corrected chi connectivity index (χ2v) is 5.73. The zero-order valence-corrected chi connectivity index (χ0v) is 12.2. The Bertz CT molecular complexity index is 667. The van der Waals surface area contributed by atoms with Gasteiger partial charge < -0.3 is 0 Å². The van der Waals surface area contributed by atoms with Gasteiger partial charge in [0, 0.05) is 11.1 Å². The molecule has 0 radical (unpaired) electrons. The van der Waals surface area contributed by atoms with Crippen molar-refractivity contribution in [3.8, 4) is 0 Å². The molecule has 0 spiro atoms. The average Bonchev–Trinajstić information content (AvgIpc) is 2.57. The average molecular weight is 264 g/mol. The van der Waals surface area contributed by atoms with Gasteiger partial charge in [-0.25, -0.2) is 0 Å². The van der Waals surface area contributed by atoms with Crippen LogP contribution in [-0.2, 0) is 19.3 Å². The zero-order valence-electron chi connectivity index (χ0n) is 12.2. The molecule has 3 rings (SSSR count). The number of fused-ring (bicyclic) bond motifs is 2. The second-order valence-electron chi connectivity index (χ2n) is 5.73. The molecule has 0 N–H and O–H groups in total. The van der Waals surface area contributed by atoms with E-state index in [4.69, 9.17) is 0 Å². The van der Waals surface area contributed by atoms with Gasteiger partial charge in [0.25, 0.3) is 0 Å². The molecule has 0 aliphatic heterocycles. The number of aryl methyl sites for hydroxylation is 4. The number of carbonyl (C=O) groups is 1. The van der Waals surface area contributed by atoms with Crippen LogP contribution in [0.3, 0.4) is 0 Å². The van der Waals surface area contributed by atoms with Gasteiger partial charge in [0.2, 0.25) is 0 Å². The lowest BCUT2D eigenvalue weighted by Gasteiger charge is -2.07. The first-order chi connectivity index (χ1) is 9.69. The normalized spacial score (nSPS) is 13.6. The summed E-state index contributed by atoms with van der Waals surface area (Å²) in [6.45, 7) is 4.28. The number of benzene rings is 2. The number of rotatable bonds is 2. The third kappa shape index (κ3) is 2.29. The van der Waals surface area contributed by atoms with Crippen LogP contribution in [0, 0.1) is 6.92 Å². The van der Waals surface area contributed by atoms with Crippen molar-refractivity contribution in [3.63, 3.8) is 0 Å². The van der Waals surface area contributed by atoms with Crippen molar-refractivity contribution in [2.45, 2.75) is 39.5 Å². The Morgan fingerprint density at radius 3 is 2.30 bits per heavy atom. The van der Waals surface area contributed by atoms with E-state index < -0.39 is 0 Å². The molecule has 1 aliphatic rings. The molecule has 2 aromatic carbocycles. The third-order valence-electron chi connectivity index (χ3n) is 4.12. The van der Waals surface area contributed by atoms with E-state index in [2.05, 4.69) is 32.0 Å². The smallest absolute Gasteiger partial charge is 0.193 e. The summed E-state index contributed by atoms with van der Waals surface area (Å²) in [7, 11) is 0. The van der Waals surface area contributed by atoms with Crippen LogP contribution in [0.1, 0.15) is 51.5 Å². The quantitative estimate of drug-likeness (QED) is 0.791. The molecule has 20 heavy (non-hydrogen) atoms. The Morgan fingerprint density at radius 1 is 0.950 bits per heavy atom. The molecule has 0 bridgehead atoms. The number of ketones is 1. The highest BCUT2D eigenvalue weighted by Crippen LogP contribution is 2.26. The Labute approximate surface area is 120 Å². The van der Waals surface area contributed by atoms with Crippen molar-refractivity contribution in [1.29, 1.82) is 0 Å². The molecule has 0 saturated carbocycles. The predicted molar refractivity (Wildman–Crippen MR) is 82.5 cm³/mol. The van der Waals surface area contributed by atoms with Crippen molar-refractivity contribution >= 4 is 5.78 Å². The minimum absolute atomic E-state index is 0.190. The lowest BCUT2D eigenvalue weighted by Crippen LogP contribution is -2.04. The van der Waals surface area contributed by atoms with Crippen molar-refractivity contribution < 1.29 is 4.79 Å². The lowest BCUT2D eigenvalue weighted by atomic mass is 9.96. The monoisotopic (exact) mass is 264 g/mol. The van der Waals surface area contributed by atoms with Crippen LogP contribution in [0.2, 0.25) is 0 Å². The molecule has 1 aliphatic carbocycles. The molecule has 0 atom stereocenters. The summed E-state index contributed by atoms with van der Waals surface area (Å²) in [4.78, 5) is 12.7. The van der Waals surface area contributed by atoms with Crippen molar-refractivity contribution in [2.75, 3.05) is 0 Å². The van der Waals surface area contributed by atoms with Crippen LogP contribution >= 0.6 is 0 Å². The Balaban J connectivity index is 2.07. The summed E-state index contributed by atoms with van der Waals surface area (Å²) >= 11 is 0. The molecule has 1 nitrogen and oxygen atoms in total. The maximum atomic E-state index is 12.7. The molecule has 0 fully saturated rings. The third-order valence-corrected chi connectivity index (χ3v) is 4.12. The maximum absolute atomic E-state index is 12.7. The SMILES string of the molecule is CCCc1ccc2c(c1)CCc1cc(C)ccc1C2=O. The van der Waals surface area contributed by atoms with E-state index in [1.165, 1.54) is 22.3 Å². The van der Waals surface area contributed by atoms with Crippen LogP contribution < -0.4 is 0 Å². The van der Waals surface area contributed by atoms with Gasteiger partial charge in [-0.1, -0.05) is 55.3 Å². The van der Waals surface area contributed by atoms with Gasteiger partial charge >= 0.3 is 0 Å². The Kier molecular flexibility index (Phi) is 3.43. The zero-order chi connectivity index (χ0) is 14.1. The van der Waals surface area contributed by atoms with Crippen molar-refractivity contribution in [1.82, 2.24) is 0 Å². The molecule has 102 valence electrons. The molecule has 0 aromatic heterocycles. The van der Waals surface area contributed by atoms with Crippen molar-refractivity contribution in [2.24, 2.45) is 0 Å². The number of hydrogen-bond acceptors (Lipinski definition) is 1. The molecule has 0 saturated heterocycles. The maximum Gasteiger partial charge on any atom is 0.193 e. The molecule has 1 heteroatoms. The Morgan fingerprint density at radius 2 is 1.60 bits per heavy atom. The first-order valence-electron chi connectivity index (χ1n) is 7.45. The number of hydrogen-bond donors (Lipinski definition) is 0. The van der Waals surface area contributed by atoms with E-state index >= 15 is 0 Å². The fraction of sp³-hybridized carbons (Fsp3) is 0.316. The van der Waals surface area contributed by atoms with E-state index in [0.29, 0.717) is 0 Å². The van der Waals surface area contributed by atoms with Crippen LogP contribution in [0.5, 0.6) is 0 Å². The van der Waals surface area contributed by atoms with Gasteiger partial charge in [0.05, 0.1) is 0 Å². The summed E-state index contributed by atoms with van der Waals surface area (Å²) in [5, 5.41) is 0. The van der Waals surface area contributed by atoms with Gasteiger partial charge in [0.15, 0.2) is 5.78 Å². The fourth-order valence-electron chi connectivity index (χ4n) is 3.08. The van der Waals surface area contributed by atoms with Gasteiger partial charge in [-0.3, -0.25) is 4.79 Å². The number of carbonyl (C=O) groups excluding carboxylic acids is 1. The van der Waals surface area contributed by atoms with E-state index in [9.17, 15) is 4.79 Å². The lowest BCUT2D eigenvalue weighted by molar-refractivity contribution is 0.103. The van der Waals surface area contributed by atoms with Crippen LogP contribution in [0.25, 0.3) is 0 Å². The fourth-order valence-corrected chi connectivity index (χ4v) is 3.08. The summed E-state index contributed by atoms with van der Waals surface area (Å²) in [6.07, 6.45) is 4.17. The molecule has 0 amide bonds. The highest BCUT2D eigenvalue weighted by molar-refractivity contribution is 6.11. The first-order valence-corrected chi connectivity index (χ1v) is 7.45.